The van der Waals surface area contributed by atoms with Gasteiger partial charge in [0.2, 0.25) is 0 Å². The van der Waals surface area contributed by atoms with E-state index in [1.54, 1.807) is 0 Å². The van der Waals surface area contributed by atoms with Crippen molar-refractivity contribution in [3.05, 3.63) is 34.9 Å². The van der Waals surface area contributed by atoms with Crippen molar-refractivity contribution in [1.82, 2.24) is 5.32 Å². The van der Waals surface area contributed by atoms with Gasteiger partial charge in [0, 0.05) is 12.6 Å². The molecule has 1 aliphatic heterocycles. The first-order valence-electron chi connectivity index (χ1n) is 8.13. The van der Waals surface area contributed by atoms with Crippen LogP contribution in [0.2, 0.25) is 0 Å². The molecule has 2 heteroatoms. The first-order valence-corrected chi connectivity index (χ1v) is 8.13. The fraction of sp³-hybridized carbons (Fsp3) is 0.667. The average Bonchev–Trinajstić information content (AvgIpc) is 2.96. The maximum Gasteiger partial charge on any atom is 0.0576 e. The highest BCUT2D eigenvalue weighted by molar-refractivity contribution is 5.35. The molecule has 1 aromatic carbocycles. The van der Waals surface area contributed by atoms with Gasteiger partial charge in [-0.15, -0.1) is 0 Å². The summed E-state index contributed by atoms with van der Waals surface area (Å²) in [7, 11) is 0. The van der Waals surface area contributed by atoms with Gasteiger partial charge in [-0.3, -0.25) is 0 Å². The molecule has 0 bridgehead atoms. The van der Waals surface area contributed by atoms with E-state index in [1.165, 1.54) is 48.8 Å². The number of nitrogens with one attached hydrogen (secondary N) is 1. The van der Waals surface area contributed by atoms with Crippen molar-refractivity contribution in [2.45, 2.75) is 65.0 Å². The molecule has 2 rings (SSSR count). The van der Waals surface area contributed by atoms with Gasteiger partial charge in [-0.05, 0) is 69.2 Å². The zero-order chi connectivity index (χ0) is 14.4. The Morgan fingerprint density at radius 1 is 1.35 bits per heavy atom. The predicted molar refractivity (Wildman–Crippen MR) is 85.2 cm³/mol. The lowest BCUT2D eigenvalue weighted by molar-refractivity contribution is 0.0995. The van der Waals surface area contributed by atoms with Crippen LogP contribution < -0.4 is 5.32 Å². The van der Waals surface area contributed by atoms with E-state index in [-0.39, 0.29) is 0 Å². The monoisotopic (exact) mass is 275 g/mol. The van der Waals surface area contributed by atoms with Gasteiger partial charge in [0.25, 0.3) is 0 Å². The van der Waals surface area contributed by atoms with Crippen molar-refractivity contribution in [3.63, 3.8) is 0 Å². The molecule has 1 aliphatic rings. The van der Waals surface area contributed by atoms with Crippen LogP contribution in [0.1, 0.15) is 61.8 Å². The van der Waals surface area contributed by atoms with Crippen LogP contribution in [0.4, 0.5) is 0 Å². The molecule has 2 atom stereocenters. The van der Waals surface area contributed by atoms with E-state index in [9.17, 15) is 0 Å². The second-order valence-electron chi connectivity index (χ2n) is 6.01. The van der Waals surface area contributed by atoms with Crippen LogP contribution in [0.15, 0.2) is 18.2 Å². The third kappa shape index (κ3) is 4.07. The van der Waals surface area contributed by atoms with Gasteiger partial charge < -0.3 is 10.1 Å². The van der Waals surface area contributed by atoms with Crippen LogP contribution in [0, 0.1) is 13.8 Å². The first-order chi connectivity index (χ1) is 9.72. The predicted octanol–water partition coefficient (Wildman–Crippen LogP) is 4.30. The second-order valence-corrected chi connectivity index (χ2v) is 6.01. The van der Waals surface area contributed by atoms with E-state index < -0.39 is 0 Å². The quantitative estimate of drug-likeness (QED) is 0.801. The molecule has 0 radical (unpaired) electrons. The van der Waals surface area contributed by atoms with E-state index >= 15 is 0 Å². The number of aryl methyl sites for hydroxylation is 1. The van der Waals surface area contributed by atoms with Gasteiger partial charge in [-0.1, -0.05) is 25.1 Å². The van der Waals surface area contributed by atoms with Crippen molar-refractivity contribution in [1.29, 1.82) is 0 Å². The fourth-order valence-electron chi connectivity index (χ4n) is 3.06. The molecule has 0 saturated carbocycles. The Bertz CT molecular complexity index is 410. The molecule has 112 valence electrons. The molecule has 0 aromatic heterocycles. The molecule has 20 heavy (non-hydrogen) atoms. The topological polar surface area (TPSA) is 21.3 Å². The van der Waals surface area contributed by atoms with Crippen LogP contribution >= 0.6 is 0 Å². The second kappa shape index (κ2) is 7.80. The Morgan fingerprint density at radius 2 is 2.20 bits per heavy atom. The minimum absolute atomic E-state index is 0.471. The molecular weight excluding hydrogens is 246 g/mol. The van der Waals surface area contributed by atoms with E-state index in [0.717, 1.165) is 13.2 Å². The lowest BCUT2D eigenvalue weighted by Gasteiger charge is -2.23. The smallest absolute Gasteiger partial charge is 0.0576 e. The van der Waals surface area contributed by atoms with Gasteiger partial charge >= 0.3 is 0 Å². The summed E-state index contributed by atoms with van der Waals surface area (Å²) in [6.07, 6.45) is 6.51. The summed E-state index contributed by atoms with van der Waals surface area (Å²) >= 11 is 0. The Hall–Kier alpha value is -0.860. The van der Waals surface area contributed by atoms with Gasteiger partial charge in [0.05, 0.1) is 6.10 Å². The summed E-state index contributed by atoms with van der Waals surface area (Å²) in [6, 6.07) is 7.14. The van der Waals surface area contributed by atoms with Crippen LogP contribution in [-0.4, -0.2) is 19.3 Å². The standard InChI is InChI=1S/C18H29NO/c1-4-12-19-18(11-10-16-8-6-13-20-16)17-9-5-7-14(2)15(17)3/h5,7,9,16,18-19H,4,6,8,10-13H2,1-3H3. The van der Waals surface area contributed by atoms with Crippen molar-refractivity contribution >= 4 is 0 Å². The highest BCUT2D eigenvalue weighted by atomic mass is 16.5. The van der Waals surface area contributed by atoms with E-state index in [1.807, 2.05) is 0 Å². The highest BCUT2D eigenvalue weighted by Crippen LogP contribution is 2.27. The van der Waals surface area contributed by atoms with Crippen molar-refractivity contribution in [3.8, 4) is 0 Å². The summed E-state index contributed by atoms with van der Waals surface area (Å²) < 4.78 is 5.77. The Labute approximate surface area is 123 Å². The maximum absolute atomic E-state index is 5.77. The third-order valence-electron chi connectivity index (χ3n) is 4.46. The summed E-state index contributed by atoms with van der Waals surface area (Å²) in [5.74, 6) is 0. The minimum Gasteiger partial charge on any atom is -0.378 e. The first kappa shape index (κ1) is 15.5. The lowest BCUT2D eigenvalue weighted by Crippen LogP contribution is -2.24. The Morgan fingerprint density at radius 3 is 2.90 bits per heavy atom. The molecule has 1 N–H and O–H groups in total. The zero-order valence-corrected chi connectivity index (χ0v) is 13.2. The van der Waals surface area contributed by atoms with Gasteiger partial charge in [-0.2, -0.15) is 0 Å². The van der Waals surface area contributed by atoms with E-state index in [2.05, 4.69) is 44.3 Å². The molecule has 1 aromatic rings. The van der Waals surface area contributed by atoms with Crippen LogP contribution in [0.5, 0.6) is 0 Å². The molecule has 1 fully saturated rings. The molecule has 0 aliphatic carbocycles. The molecule has 1 heterocycles. The van der Waals surface area contributed by atoms with Crippen LogP contribution in [0.25, 0.3) is 0 Å². The molecule has 2 nitrogen and oxygen atoms in total. The molecule has 1 saturated heterocycles. The van der Waals surface area contributed by atoms with Gasteiger partial charge in [0.1, 0.15) is 0 Å². The van der Waals surface area contributed by atoms with Crippen LogP contribution in [0.3, 0.4) is 0 Å². The largest absolute Gasteiger partial charge is 0.378 e. The Balaban J connectivity index is 2.03. The van der Waals surface area contributed by atoms with Crippen molar-refractivity contribution < 1.29 is 4.74 Å². The summed E-state index contributed by atoms with van der Waals surface area (Å²) in [6.45, 7) is 8.73. The molecule has 2 unspecified atom stereocenters. The molecule has 0 spiro atoms. The van der Waals surface area contributed by atoms with Crippen molar-refractivity contribution in [2.75, 3.05) is 13.2 Å². The maximum atomic E-state index is 5.77. The summed E-state index contributed by atoms with van der Waals surface area (Å²) in [5, 5.41) is 3.72. The lowest BCUT2D eigenvalue weighted by atomic mass is 9.93. The van der Waals surface area contributed by atoms with Crippen molar-refractivity contribution in [2.24, 2.45) is 0 Å². The fourth-order valence-corrected chi connectivity index (χ4v) is 3.06. The Kier molecular flexibility index (Phi) is 6.06. The normalized spacial score (nSPS) is 20.2. The number of ether oxygens (including phenoxy) is 1. The zero-order valence-electron chi connectivity index (χ0n) is 13.2. The number of hydrogen-bond donors (Lipinski definition) is 1. The average molecular weight is 275 g/mol. The van der Waals surface area contributed by atoms with Gasteiger partial charge in [0.15, 0.2) is 0 Å². The third-order valence-corrected chi connectivity index (χ3v) is 4.46. The summed E-state index contributed by atoms with van der Waals surface area (Å²) in [4.78, 5) is 0. The molecular formula is C18H29NO. The number of hydrogen-bond acceptors (Lipinski definition) is 2. The molecule has 0 amide bonds. The summed E-state index contributed by atoms with van der Waals surface area (Å²) in [5.41, 5.74) is 4.30. The highest BCUT2D eigenvalue weighted by Gasteiger charge is 2.19. The van der Waals surface area contributed by atoms with Crippen LogP contribution in [-0.2, 0) is 4.74 Å². The van der Waals surface area contributed by atoms with E-state index in [0.29, 0.717) is 12.1 Å². The van der Waals surface area contributed by atoms with E-state index in [4.69, 9.17) is 4.74 Å². The SMILES string of the molecule is CCCNC(CCC1CCCO1)c1cccc(C)c1C. The number of benzene rings is 1. The van der Waals surface area contributed by atoms with Gasteiger partial charge in [-0.25, -0.2) is 0 Å². The minimum atomic E-state index is 0.471. The number of rotatable bonds is 7.